The molecule has 3 aromatic rings. The van der Waals surface area contributed by atoms with Gasteiger partial charge < -0.3 is 10.5 Å². The zero-order chi connectivity index (χ0) is 22.3. The first kappa shape index (κ1) is 19.9. The lowest BCUT2D eigenvalue weighted by Crippen LogP contribution is -2.39. The van der Waals surface area contributed by atoms with Crippen molar-refractivity contribution in [2.75, 3.05) is 4.31 Å². The van der Waals surface area contributed by atoms with Crippen LogP contribution < -0.4 is 10.0 Å². The van der Waals surface area contributed by atoms with E-state index in [9.17, 15) is 13.7 Å². The highest BCUT2D eigenvalue weighted by atomic mass is 32.2. The quantitative estimate of drug-likeness (QED) is 0.657. The van der Waals surface area contributed by atoms with Gasteiger partial charge in [-0.15, -0.1) is 0 Å². The maximum absolute atomic E-state index is 14.1. The Kier molecular flexibility index (Phi) is 4.72. The highest BCUT2D eigenvalue weighted by Crippen LogP contribution is 2.51. The van der Waals surface area contributed by atoms with Crippen LogP contribution in [0.15, 0.2) is 101 Å². The zero-order valence-electron chi connectivity index (χ0n) is 17.0. The molecular formula is C25H19N3O3S. The molecule has 0 radical (unpaired) electrons. The van der Waals surface area contributed by atoms with E-state index in [4.69, 9.17) is 10.5 Å². The van der Waals surface area contributed by atoms with Gasteiger partial charge in [0.25, 0.3) is 10.0 Å². The maximum Gasteiger partial charge on any atom is 0.265 e. The summed E-state index contributed by atoms with van der Waals surface area (Å²) in [6, 6.07) is 27.7. The third kappa shape index (κ3) is 3.04. The molecular weight excluding hydrogens is 422 g/mol. The van der Waals surface area contributed by atoms with E-state index in [0.29, 0.717) is 16.8 Å². The third-order valence-corrected chi connectivity index (χ3v) is 7.54. The number of rotatable bonds is 3. The van der Waals surface area contributed by atoms with Crippen LogP contribution in [0, 0.1) is 11.3 Å². The average molecular weight is 442 g/mol. The number of hydrogen-bond donors (Lipinski definition) is 1. The number of nitriles is 1. The summed E-state index contributed by atoms with van der Waals surface area (Å²) >= 11 is 0. The van der Waals surface area contributed by atoms with E-state index < -0.39 is 15.9 Å². The lowest BCUT2D eigenvalue weighted by Gasteiger charge is -2.38. The van der Waals surface area contributed by atoms with E-state index in [-0.39, 0.29) is 28.7 Å². The van der Waals surface area contributed by atoms with Crippen LogP contribution >= 0.6 is 0 Å². The summed E-state index contributed by atoms with van der Waals surface area (Å²) < 4.78 is 35.4. The molecule has 1 atom stereocenters. The van der Waals surface area contributed by atoms with Crippen molar-refractivity contribution in [3.63, 3.8) is 0 Å². The van der Waals surface area contributed by atoms with Gasteiger partial charge in [0.1, 0.15) is 16.5 Å². The number of ether oxygens (including phenoxy) is 1. The Hall–Kier alpha value is -4.02. The number of fused-ring (bicyclic) bond motifs is 2. The van der Waals surface area contributed by atoms with Crippen LogP contribution in [0.2, 0.25) is 0 Å². The second-order valence-corrected chi connectivity index (χ2v) is 9.37. The van der Waals surface area contributed by atoms with Crippen molar-refractivity contribution in [2.24, 2.45) is 5.73 Å². The molecule has 0 spiro atoms. The fourth-order valence-electron chi connectivity index (χ4n) is 4.21. The molecule has 2 N–H and O–H groups in total. The van der Waals surface area contributed by atoms with Crippen LogP contribution in [-0.4, -0.2) is 8.42 Å². The number of hydrogen-bond acceptors (Lipinski definition) is 5. The Morgan fingerprint density at radius 3 is 2.25 bits per heavy atom. The molecule has 0 saturated heterocycles. The summed E-state index contributed by atoms with van der Waals surface area (Å²) in [5.74, 6) is -0.765. The number of allylic oxidation sites excluding steroid dienone is 2. The van der Waals surface area contributed by atoms with Gasteiger partial charge in [-0.2, -0.15) is 5.26 Å². The van der Waals surface area contributed by atoms with Crippen molar-refractivity contribution >= 4 is 21.5 Å². The van der Waals surface area contributed by atoms with Crippen molar-refractivity contribution in [1.29, 1.82) is 5.26 Å². The van der Waals surface area contributed by atoms with Crippen LogP contribution in [0.4, 0.5) is 5.69 Å². The second-order valence-electron chi connectivity index (χ2n) is 7.54. The minimum Gasteiger partial charge on any atom is -0.439 e. The Morgan fingerprint density at radius 1 is 0.938 bits per heavy atom. The molecule has 0 aliphatic carbocycles. The summed E-state index contributed by atoms with van der Waals surface area (Å²) in [5, 5.41) is 9.85. The van der Waals surface area contributed by atoms with Crippen LogP contribution in [0.3, 0.4) is 0 Å². The average Bonchev–Trinajstić information content (AvgIpc) is 2.82. The van der Waals surface area contributed by atoms with Crippen molar-refractivity contribution in [2.45, 2.75) is 12.5 Å². The minimum atomic E-state index is -4.05. The van der Waals surface area contributed by atoms with Gasteiger partial charge in [-0.25, -0.2) is 8.42 Å². The normalized spacial score (nSPS) is 19.0. The second kappa shape index (κ2) is 7.59. The number of anilines is 1. The molecule has 2 aliphatic rings. The molecule has 0 saturated carbocycles. The van der Waals surface area contributed by atoms with Gasteiger partial charge in [-0.3, -0.25) is 4.31 Å². The highest BCUT2D eigenvalue weighted by molar-refractivity contribution is 7.96. The van der Waals surface area contributed by atoms with E-state index in [1.54, 1.807) is 36.4 Å². The molecule has 0 fully saturated rings. The number of sulfonamides is 1. The fraction of sp³-hybridized carbons (Fsp3) is 0.0800. The molecule has 5 rings (SSSR count). The largest absolute Gasteiger partial charge is 0.439 e. The monoisotopic (exact) mass is 441 g/mol. The Labute approximate surface area is 186 Å². The van der Waals surface area contributed by atoms with E-state index in [2.05, 4.69) is 6.07 Å². The smallest absolute Gasteiger partial charge is 0.265 e. The summed E-state index contributed by atoms with van der Waals surface area (Å²) in [5.41, 5.74) is 8.83. The molecule has 158 valence electrons. The topological polar surface area (TPSA) is 96.4 Å². The van der Waals surface area contributed by atoms with Gasteiger partial charge in [0, 0.05) is 5.56 Å². The zero-order valence-corrected chi connectivity index (χ0v) is 17.8. The van der Waals surface area contributed by atoms with Crippen LogP contribution in [0.1, 0.15) is 22.6 Å². The standard InChI is InChI=1S/C25H19N3O3S/c26-15-20-22(18-11-5-2-6-12-18)24-23(31-25(20)27)19-13-7-8-14-21(19)28(32(24,29)30)16-17-9-3-1-4-10-17/h1-14,22H,16,27H2. The Morgan fingerprint density at radius 2 is 1.56 bits per heavy atom. The Balaban J connectivity index is 1.77. The predicted octanol–water partition coefficient (Wildman–Crippen LogP) is 4.21. The molecule has 0 aromatic heterocycles. The SMILES string of the molecule is N#CC1=C(N)OC2=C(C1c1ccccc1)S(=O)(=O)N(Cc1ccccc1)c1ccccc12. The van der Waals surface area contributed by atoms with Crippen molar-refractivity contribution in [3.05, 3.63) is 118 Å². The molecule has 1 unspecified atom stereocenters. The third-order valence-electron chi connectivity index (χ3n) is 5.66. The van der Waals surface area contributed by atoms with Gasteiger partial charge in [-0.05, 0) is 23.3 Å². The summed E-state index contributed by atoms with van der Waals surface area (Å²) in [7, 11) is -4.05. The van der Waals surface area contributed by atoms with Crippen LogP contribution in [0.25, 0.3) is 5.76 Å². The minimum absolute atomic E-state index is 0.0316. The summed E-state index contributed by atoms with van der Waals surface area (Å²) in [6.07, 6.45) is 0. The van der Waals surface area contributed by atoms with E-state index >= 15 is 0 Å². The van der Waals surface area contributed by atoms with Crippen LogP contribution in [0.5, 0.6) is 0 Å². The van der Waals surface area contributed by atoms with E-state index in [1.807, 2.05) is 48.5 Å². The van der Waals surface area contributed by atoms with Gasteiger partial charge in [0.15, 0.2) is 5.76 Å². The predicted molar refractivity (Wildman–Crippen MR) is 122 cm³/mol. The van der Waals surface area contributed by atoms with E-state index in [0.717, 1.165) is 5.56 Å². The molecule has 6 nitrogen and oxygen atoms in total. The van der Waals surface area contributed by atoms with Crippen LogP contribution in [-0.2, 0) is 21.3 Å². The molecule has 7 heteroatoms. The number of benzene rings is 3. The lowest BCUT2D eigenvalue weighted by atomic mass is 9.88. The van der Waals surface area contributed by atoms with Gasteiger partial charge >= 0.3 is 0 Å². The molecule has 3 aromatic carbocycles. The van der Waals surface area contributed by atoms with Gasteiger partial charge in [0.05, 0.1) is 18.2 Å². The van der Waals surface area contributed by atoms with Gasteiger partial charge in [-0.1, -0.05) is 72.8 Å². The molecule has 0 amide bonds. The lowest BCUT2D eigenvalue weighted by molar-refractivity contribution is 0.357. The van der Waals surface area contributed by atoms with Crippen molar-refractivity contribution in [1.82, 2.24) is 0 Å². The summed E-state index contributed by atoms with van der Waals surface area (Å²) in [4.78, 5) is 0.0316. The summed E-state index contributed by atoms with van der Waals surface area (Å²) in [6.45, 7) is 0.152. The first-order valence-corrected chi connectivity index (χ1v) is 11.5. The first-order chi connectivity index (χ1) is 15.5. The van der Waals surface area contributed by atoms with Crippen molar-refractivity contribution < 1.29 is 13.2 Å². The molecule has 0 bridgehead atoms. The first-order valence-electron chi connectivity index (χ1n) is 10.0. The maximum atomic E-state index is 14.1. The Bertz CT molecular complexity index is 1410. The number of nitrogens with zero attached hydrogens (tertiary/aromatic N) is 2. The fourth-order valence-corrected chi connectivity index (χ4v) is 6.12. The van der Waals surface area contributed by atoms with Gasteiger partial charge in [0.2, 0.25) is 5.88 Å². The molecule has 2 heterocycles. The van der Waals surface area contributed by atoms with E-state index in [1.165, 1.54) is 4.31 Å². The molecule has 2 aliphatic heterocycles. The van der Waals surface area contributed by atoms with Crippen molar-refractivity contribution in [3.8, 4) is 6.07 Å². The highest BCUT2D eigenvalue weighted by Gasteiger charge is 2.47. The number of nitrogens with two attached hydrogens (primary N) is 1. The molecule has 32 heavy (non-hydrogen) atoms. The number of para-hydroxylation sites is 1.